The molecule has 4 rings (SSSR count). The van der Waals surface area contributed by atoms with Crippen LogP contribution in [0.1, 0.15) is 28.9 Å². The number of aromatic nitrogens is 3. The van der Waals surface area contributed by atoms with E-state index in [-0.39, 0.29) is 17.3 Å². The molecule has 1 aromatic carbocycles. The quantitative estimate of drug-likeness (QED) is 0.502. The number of amides is 1. The minimum absolute atomic E-state index is 0.105. The van der Waals surface area contributed by atoms with Crippen molar-refractivity contribution in [3.8, 4) is 0 Å². The van der Waals surface area contributed by atoms with Crippen molar-refractivity contribution in [3.63, 3.8) is 0 Å². The third kappa shape index (κ3) is 4.56. The molecule has 29 heavy (non-hydrogen) atoms. The van der Waals surface area contributed by atoms with E-state index in [2.05, 4.69) is 15.3 Å². The van der Waals surface area contributed by atoms with Gasteiger partial charge in [0, 0.05) is 23.1 Å². The highest BCUT2D eigenvalue weighted by Crippen LogP contribution is 2.29. The molecule has 0 saturated heterocycles. The van der Waals surface area contributed by atoms with Crippen LogP contribution in [-0.4, -0.2) is 26.2 Å². The number of carbonyl (C=O) groups is 1. The SMILES string of the molecule is Cc1cccc(NC(=O)CSc2nc(=O)n(Cc3ccccn3)c3c2CCC3)c1. The van der Waals surface area contributed by atoms with Gasteiger partial charge in [-0.05, 0) is 56.0 Å². The molecule has 2 aromatic heterocycles. The third-order valence-corrected chi connectivity index (χ3v) is 5.91. The van der Waals surface area contributed by atoms with Gasteiger partial charge in [-0.15, -0.1) is 0 Å². The largest absolute Gasteiger partial charge is 0.349 e. The van der Waals surface area contributed by atoms with Crippen molar-refractivity contribution in [1.82, 2.24) is 14.5 Å². The normalized spacial score (nSPS) is 12.6. The average Bonchev–Trinajstić information content (AvgIpc) is 3.19. The van der Waals surface area contributed by atoms with Gasteiger partial charge in [-0.1, -0.05) is 30.0 Å². The summed E-state index contributed by atoms with van der Waals surface area (Å²) in [7, 11) is 0. The van der Waals surface area contributed by atoms with Crippen LogP contribution >= 0.6 is 11.8 Å². The van der Waals surface area contributed by atoms with E-state index in [0.717, 1.165) is 47.5 Å². The van der Waals surface area contributed by atoms with Gasteiger partial charge in [-0.25, -0.2) is 4.79 Å². The van der Waals surface area contributed by atoms with Crippen molar-refractivity contribution >= 4 is 23.4 Å². The summed E-state index contributed by atoms with van der Waals surface area (Å²) in [6.07, 6.45) is 4.45. The van der Waals surface area contributed by atoms with Gasteiger partial charge >= 0.3 is 5.69 Å². The second kappa shape index (κ2) is 8.61. The fourth-order valence-corrected chi connectivity index (χ4v) is 4.45. The second-order valence-corrected chi connectivity index (χ2v) is 8.06. The van der Waals surface area contributed by atoms with Crippen LogP contribution in [0.15, 0.2) is 58.5 Å². The van der Waals surface area contributed by atoms with E-state index in [1.165, 1.54) is 11.8 Å². The van der Waals surface area contributed by atoms with Gasteiger partial charge in [0.25, 0.3) is 0 Å². The van der Waals surface area contributed by atoms with Gasteiger partial charge in [-0.2, -0.15) is 4.98 Å². The minimum atomic E-state index is -0.280. The van der Waals surface area contributed by atoms with Gasteiger partial charge in [0.1, 0.15) is 5.03 Å². The van der Waals surface area contributed by atoms with E-state index in [0.29, 0.717) is 11.6 Å². The fourth-order valence-electron chi connectivity index (χ4n) is 3.58. The van der Waals surface area contributed by atoms with E-state index in [9.17, 15) is 9.59 Å². The zero-order valence-corrected chi connectivity index (χ0v) is 17.0. The second-order valence-electron chi connectivity index (χ2n) is 7.09. The van der Waals surface area contributed by atoms with Crippen LogP contribution in [0.5, 0.6) is 0 Å². The van der Waals surface area contributed by atoms with Gasteiger partial charge < -0.3 is 5.32 Å². The lowest BCUT2D eigenvalue weighted by Gasteiger charge is -2.14. The summed E-state index contributed by atoms with van der Waals surface area (Å²) in [5, 5.41) is 3.58. The van der Waals surface area contributed by atoms with Crippen molar-refractivity contribution in [2.75, 3.05) is 11.1 Å². The Morgan fingerprint density at radius 1 is 1.21 bits per heavy atom. The van der Waals surface area contributed by atoms with E-state index >= 15 is 0 Å². The number of hydrogen-bond donors (Lipinski definition) is 1. The lowest BCUT2D eigenvalue weighted by Crippen LogP contribution is -2.28. The van der Waals surface area contributed by atoms with Crippen molar-refractivity contribution in [2.45, 2.75) is 37.8 Å². The molecule has 0 unspecified atom stereocenters. The minimum Gasteiger partial charge on any atom is -0.325 e. The molecule has 148 valence electrons. The lowest BCUT2D eigenvalue weighted by atomic mass is 10.2. The highest BCUT2D eigenvalue weighted by atomic mass is 32.2. The molecule has 2 heterocycles. The molecule has 0 bridgehead atoms. The number of rotatable bonds is 6. The zero-order valence-electron chi connectivity index (χ0n) is 16.2. The summed E-state index contributed by atoms with van der Waals surface area (Å²) in [5.41, 5.74) is 4.54. The number of hydrogen-bond acceptors (Lipinski definition) is 5. The van der Waals surface area contributed by atoms with Gasteiger partial charge in [0.15, 0.2) is 0 Å². The number of benzene rings is 1. The topological polar surface area (TPSA) is 76.9 Å². The smallest absolute Gasteiger partial charge is 0.325 e. The number of nitrogens with zero attached hydrogens (tertiary/aromatic N) is 3. The van der Waals surface area contributed by atoms with Gasteiger partial charge in [0.2, 0.25) is 5.91 Å². The molecule has 1 amide bonds. The zero-order chi connectivity index (χ0) is 20.2. The Hall–Kier alpha value is -2.93. The van der Waals surface area contributed by atoms with Gasteiger partial charge in [0.05, 0.1) is 18.0 Å². The fraction of sp³-hybridized carbons (Fsp3) is 0.273. The molecule has 1 N–H and O–H groups in total. The van der Waals surface area contributed by atoms with Crippen LogP contribution in [-0.2, 0) is 24.2 Å². The van der Waals surface area contributed by atoms with Crippen LogP contribution in [0.4, 0.5) is 5.69 Å². The standard InChI is InChI=1S/C22H22N4O2S/c1-15-6-4-8-16(12-15)24-20(27)14-29-21-18-9-5-10-19(18)26(22(28)25-21)13-17-7-2-3-11-23-17/h2-4,6-8,11-12H,5,9-10,13-14H2,1H3,(H,24,27). The highest BCUT2D eigenvalue weighted by Gasteiger charge is 2.22. The van der Waals surface area contributed by atoms with Crippen molar-refractivity contribution in [1.29, 1.82) is 0 Å². The predicted octanol–water partition coefficient (Wildman–Crippen LogP) is 3.21. The maximum atomic E-state index is 12.7. The molecule has 1 aliphatic rings. The summed E-state index contributed by atoms with van der Waals surface area (Å²) < 4.78 is 1.72. The number of anilines is 1. The summed E-state index contributed by atoms with van der Waals surface area (Å²) in [4.78, 5) is 33.6. The summed E-state index contributed by atoms with van der Waals surface area (Å²) in [6, 6.07) is 13.4. The summed E-state index contributed by atoms with van der Waals surface area (Å²) in [6.45, 7) is 2.41. The Morgan fingerprint density at radius 2 is 2.10 bits per heavy atom. The number of pyridine rings is 1. The van der Waals surface area contributed by atoms with E-state index < -0.39 is 0 Å². The Balaban J connectivity index is 1.50. The molecule has 0 atom stereocenters. The maximum Gasteiger partial charge on any atom is 0.349 e. The molecule has 1 aliphatic carbocycles. The first-order chi connectivity index (χ1) is 14.1. The van der Waals surface area contributed by atoms with E-state index in [1.54, 1.807) is 10.8 Å². The number of nitrogens with one attached hydrogen (secondary N) is 1. The lowest BCUT2D eigenvalue weighted by molar-refractivity contribution is -0.113. The van der Waals surface area contributed by atoms with Crippen LogP contribution in [0.2, 0.25) is 0 Å². The molecule has 0 fully saturated rings. The first-order valence-electron chi connectivity index (χ1n) is 9.62. The Morgan fingerprint density at radius 3 is 2.90 bits per heavy atom. The molecular formula is C22H22N4O2S. The first-order valence-corrected chi connectivity index (χ1v) is 10.6. The third-order valence-electron chi connectivity index (χ3n) is 4.89. The predicted molar refractivity (Wildman–Crippen MR) is 114 cm³/mol. The molecular weight excluding hydrogens is 384 g/mol. The first kappa shape index (κ1) is 19.4. The van der Waals surface area contributed by atoms with Crippen molar-refractivity contribution < 1.29 is 4.79 Å². The monoisotopic (exact) mass is 406 g/mol. The molecule has 7 heteroatoms. The Kier molecular flexibility index (Phi) is 5.76. The molecule has 0 aliphatic heterocycles. The van der Waals surface area contributed by atoms with Crippen molar-refractivity contribution in [3.05, 3.63) is 81.7 Å². The number of fused-ring (bicyclic) bond motifs is 1. The molecule has 6 nitrogen and oxygen atoms in total. The Labute approximate surface area is 173 Å². The molecule has 0 saturated carbocycles. The maximum absolute atomic E-state index is 12.7. The van der Waals surface area contributed by atoms with Gasteiger partial charge in [-0.3, -0.25) is 14.3 Å². The average molecular weight is 407 g/mol. The molecule has 0 radical (unpaired) electrons. The van der Waals surface area contributed by atoms with Crippen molar-refractivity contribution in [2.24, 2.45) is 0 Å². The highest BCUT2D eigenvalue weighted by molar-refractivity contribution is 8.00. The van der Waals surface area contributed by atoms with E-state index in [4.69, 9.17) is 0 Å². The molecule has 3 aromatic rings. The number of thioether (sulfide) groups is 1. The summed E-state index contributed by atoms with van der Waals surface area (Å²) in [5.74, 6) is 0.115. The van der Waals surface area contributed by atoms with Crippen LogP contribution < -0.4 is 11.0 Å². The Bertz CT molecular complexity index is 1100. The van der Waals surface area contributed by atoms with Crippen LogP contribution in [0.25, 0.3) is 0 Å². The van der Waals surface area contributed by atoms with E-state index in [1.807, 2.05) is 49.4 Å². The molecule has 0 spiro atoms. The van der Waals surface area contributed by atoms with Crippen LogP contribution in [0.3, 0.4) is 0 Å². The number of aryl methyl sites for hydroxylation is 1. The summed E-state index contributed by atoms with van der Waals surface area (Å²) >= 11 is 1.33. The number of carbonyl (C=O) groups excluding carboxylic acids is 1. The van der Waals surface area contributed by atoms with Crippen LogP contribution in [0, 0.1) is 6.92 Å².